The number of quaternary nitrogens is 1. The number of hydrogen-bond acceptors (Lipinski definition) is 3. The van der Waals surface area contributed by atoms with Gasteiger partial charge in [-0.05, 0) is 13.8 Å². The molecule has 2 aromatic carbocycles. The van der Waals surface area contributed by atoms with Crippen LogP contribution in [-0.4, -0.2) is 48.5 Å². The monoisotopic (exact) mass is 488 g/mol. The Labute approximate surface area is 183 Å². The van der Waals surface area contributed by atoms with Crippen molar-refractivity contribution in [2.75, 3.05) is 33.3 Å². The molecule has 0 saturated carbocycles. The first-order chi connectivity index (χ1) is 13.1. The number of pyridine rings is 1. The number of carbonyl (C=O) groups excluding carboxylic acids is 1. The van der Waals surface area contributed by atoms with Crippen LogP contribution in [0.25, 0.3) is 22.0 Å². The van der Waals surface area contributed by atoms with Crippen LogP contribution in [0.15, 0.2) is 48.7 Å². The molecule has 5 heteroatoms. The molecule has 1 heterocycles. The lowest BCUT2D eigenvalue weighted by molar-refractivity contribution is -0.906. The van der Waals surface area contributed by atoms with Gasteiger partial charge in [-0.15, -0.1) is 0 Å². The van der Waals surface area contributed by atoms with Gasteiger partial charge in [0.2, 0.25) is 0 Å². The third-order valence-electron chi connectivity index (χ3n) is 5.96. The van der Waals surface area contributed by atoms with Crippen LogP contribution in [0.2, 0.25) is 0 Å². The molecular formula is C23H25IN2O2. The molecule has 0 radical (unpaired) electrons. The van der Waals surface area contributed by atoms with Crippen molar-refractivity contribution in [2.45, 2.75) is 13.8 Å². The summed E-state index contributed by atoms with van der Waals surface area (Å²) in [5, 5.41) is 1.87. The number of aromatic nitrogens is 1. The average molecular weight is 488 g/mol. The molecule has 0 bridgehead atoms. The quantitative estimate of drug-likeness (QED) is 0.304. The maximum Gasteiger partial charge on any atom is 0.194 e. The molecule has 0 aliphatic heterocycles. The molecule has 0 atom stereocenters. The van der Waals surface area contributed by atoms with Crippen LogP contribution < -0.4 is 28.7 Å². The van der Waals surface area contributed by atoms with Crippen molar-refractivity contribution < 1.29 is 38.0 Å². The fourth-order valence-electron chi connectivity index (χ4n) is 3.73. The normalized spacial score (nSPS) is 12.5. The fourth-order valence-corrected chi connectivity index (χ4v) is 3.73. The first kappa shape index (κ1) is 20.7. The largest absolute Gasteiger partial charge is 1.00 e. The van der Waals surface area contributed by atoms with Gasteiger partial charge in [-0.25, -0.2) is 0 Å². The van der Waals surface area contributed by atoms with Crippen molar-refractivity contribution in [3.05, 3.63) is 59.8 Å². The highest BCUT2D eigenvalue weighted by molar-refractivity contribution is 6.25. The topological polar surface area (TPSA) is 39.2 Å². The third-order valence-corrected chi connectivity index (χ3v) is 5.96. The van der Waals surface area contributed by atoms with Crippen molar-refractivity contribution in [2.24, 2.45) is 0 Å². The van der Waals surface area contributed by atoms with Crippen LogP contribution in [-0.2, 0) is 0 Å². The number of hydrogen-bond donors (Lipinski definition) is 0. The lowest BCUT2D eigenvalue weighted by atomic mass is 9.85. The minimum Gasteiger partial charge on any atom is -1.00 e. The van der Waals surface area contributed by atoms with Gasteiger partial charge in [0.15, 0.2) is 5.78 Å². The zero-order valence-electron chi connectivity index (χ0n) is 16.5. The van der Waals surface area contributed by atoms with Crippen molar-refractivity contribution in [3.63, 3.8) is 0 Å². The van der Waals surface area contributed by atoms with Crippen molar-refractivity contribution in [1.29, 1.82) is 0 Å². The summed E-state index contributed by atoms with van der Waals surface area (Å²) in [6, 6.07) is 13.5. The minimum absolute atomic E-state index is 0. The number of ketones is 1. The number of rotatable bonds is 6. The highest BCUT2D eigenvalue weighted by Crippen LogP contribution is 2.40. The van der Waals surface area contributed by atoms with E-state index in [0.29, 0.717) is 12.2 Å². The van der Waals surface area contributed by atoms with Crippen molar-refractivity contribution >= 4 is 16.6 Å². The highest BCUT2D eigenvalue weighted by atomic mass is 127. The number of fused-ring (bicyclic) bond motifs is 2. The number of halogens is 1. The summed E-state index contributed by atoms with van der Waals surface area (Å²) >= 11 is 0. The summed E-state index contributed by atoms with van der Waals surface area (Å²) in [7, 11) is 2.24. The van der Waals surface area contributed by atoms with Gasteiger partial charge in [0.1, 0.15) is 18.9 Å². The van der Waals surface area contributed by atoms with E-state index >= 15 is 0 Å². The second kappa shape index (κ2) is 8.17. The summed E-state index contributed by atoms with van der Waals surface area (Å²) in [5.41, 5.74) is 3.20. The van der Waals surface area contributed by atoms with Crippen LogP contribution in [0.5, 0.6) is 5.75 Å². The molecule has 28 heavy (non-hydrogen) atoms. The van der Waals surface area contributed by atoms with Gasteiger partial charge in [-0.2, -0.15) is 0 Å². The van der Waals surface area contributed by atoms with Gasteiger partial charge in [0.25, 0.3) is 0 Å². The maximum absolute atomic E-state index is 13.0. The van der Waals surface area contributed by atoms with E-state index in [1.165, 1.54) is 0 Å². The number of ether oxygens (including phenoxy) is 1. The molecule has 1 aromatic heterocycles. The number of nitrogens with zero attached hydrogens (tertiary/aromatic N) is 2. The van der Waals surface area contributed by atoms with E-state index < -0.39 is 0 Å². The van der Waals surface area contributed by atoms with E-state index in [4.69, 9.17) is 4.74 Å². The van der Waals surface area contributed by atoms with E-state index in [1.54, 1.807) is 6.20 Å². The summed E-state index contributed by atoms with van der Waals surface area (Å²) < 4.78 is 7.10. The fraction of sp³-hybridized carbons (Fsp3) is 0.304. The molecule has 0 spiro atoms. The van der Waals surface area contributed by atoms with Gasteiger partial charge in [-0.3, -0.25) is 9.78 Å². The zero-order valence-corrected chi connectivity index (χ0v) is 18.7. The SMILES string of the molecule is CC[N+](C)(CC)CCOc1cnc2c3c(cccc13)C(=O)c1ccccc1-2.[I-]. The second-order valence-corrected chi connectivity index (χ2v) is 7.40. The molecule has 0 fully saturated rings. The molecule has 1 aliphatic carbocycles. The standard InChI is InChI=1S/C23H25N2O2.HI/c1-4-25(3,5-2)13-14-27-20-15-24-22-16-9-6-7-10-17(16)23(26)19-12-8-11-18(20)21(19)22;/h6-12,15H,4-5,13-14H2,1-3H3;1H/q+1;/p-1. The molecule has 0 amide bonds. The third kappa shape index (κ3) is 3.42. The molecular weight excluding hydrogens is 463 g/mol. The highest BCUT2D eigenvalue weighted by Gasteiger charge is 2.27. The second-order valence-electron chi connectivity index (χ2n) is 7.40. The Kier molecular flexibility index (Phi) is 6.05. The van der Waals surface area contributed by atoms with E-state index in [1.807, 2.05) is 42.5 Å². The Morgan fingerprint density at radius 3 is 2.36 bits per heavy atom. The zero-order chi connectivity index (χ0) is 19.0. The van der Waals surface area contributed by atoms with Gasteiger partial charge < -0.3 is 33.2 Å². The van der Waals surface area contributed by atoms with Gasteiger partial charge >= 0.3 is 0 Å². The average Bonchev–Trinajstić information content (AvgIpc) is 2.72. The number of benzene rings is 2. The van der Waals surface area contributed by atoms with Crippen molar-refractivity contribution in [1.82, 2.24) is 4.98 Å². The van der Waals surface area contributed by atoms with Crippen LogP contribution in [0.4, 0.5) is 0 Å². The van der Waals surface area contributed by atoms with Crippen LogP contribution in [0, 0.1) is 0 Å². The molecule has 0 saturated heterocycles. The first-order valence-corrected chi connectivity index (χ1v) is 9.60. The smallest absolute Gasteiger partial charge is 0.194 e. The Hall–Kier alpha value is -1.99. The molecule has 4 nitrogen and oxygen atoms in total. The van der Waals surface area contributed by atoms with E-state index in [0.717, 1.165) is 57.5 Å². The summed E-state index contributed by atoms with van der Waals surface area (Å²) in [6.07, 6.45) is 1.80. The Bertz CT molecular complexity index is 1030. The number of carbonyl (C=O) groups is 1. The van der Waals surface area contributed by atoms with Gasteiger partial charge in [0.05, 0.1) is 32.0 Å². The van der Waals surface area contributed by atoms with Crippen molar-refractivity contribution in [3.8, 4) is 17.0 Å². The predicted octanol–water partition coefficient (Wildman–Crippen LogP) is 1.32. The predicted molar refractivity (Wildman–Crippen MR) is 108 cm³/mol. The van der Waals surface area contributed by atoms with Crippen LogP contribution in [0.1, 0.15) is 29.8 Å². The molecule has 1 aliphatic rings. The molecule has 146 valence electrons. The summed E-state index contributed by atoms with van der Waals surface area (Å²) in [6.45, 7) is 8.13. The number of likely N-dealkylation sites (N-methyl/N-ethyl adjacent to an activating group) is 1. The van der Waals surface area contributed by atoms with E-state index in [2.05, 4.69) is 25.9 Å². The molecule has 3 aromatic rings. The molecule has 4 rings (SSSR count). The lowest BCUT2D eigenvalue weighted by Crippen LogP contribution is -3.00. The van der Waals surface area contributed by atoms with E-state index in [9.17, 15) is 4.79 Å². The summed E-state index contributed by atoms with van der Waals surface area (Å²) in [5.74, 6) is 0.811. The maximum atomic E-state index is 13.0. The first-order valence-electron chi connectivity index (χ1n) is 9.60. The van der Waals surface area contributed by atoms with Gasteiger partial charge in [0, 0.05) is 27.5 Å². The van der Waals surface area contributed by atoms with Crippen LogP contribution in [0.3, 0.4) is 0 Å². The Morgan fingerprint density at radius 1 is 0.964 bits per heavy atom. The molecule has 0 N–H and O–H groups in total. The van der Waals surface area contributed by atoms with Gasteiger partial charge in [-0.1, -0.05) is 42.5 Å². The van der Waals surface area contributed by atoms with E-state index in [-0.39, 0.29) is 29.8 Å². The lowest BCUT2D eigenvalue weighted by Gasteiger charge is -2.32. The minimum atomic E-state index is 0. The Balaban J connectivity index is 0.00000225. The molecule has 0 unspecified atom stereocenters. The van der Waals surface area contributed by atoms with Crippen LogP contribution >= 0.6 is 0 Å². The Morgan fingerprint density at radius 2 is 1.64 bits per heavy atom. The summed E-state index contributed by atoms with van der Waals surface area (Å²) in [4.78, 5) is 17.6.